The van der Waals surface area contributed by atoms with E-state index in [9.17, 15) is 9.18 Å². The minimum Gasteiger partial charge on any atom is -0.350 e. The lowest BCUT2D eigenvalue weighted by Gasteiger charge is -2.42. The number of carbonyl (C=O) groups excluding carboxylic acids is 1. The van der Waals surface area contributed by atoms with Gasteiger partial charge in [0.1, 0.15) is 11.4 Å². The SMILES string of the molecule is Cl.Cl.O=C(NCc1cc(F)cc(Cl)c1)C1(N2CCNCC2)Cc2ccccc2C1. The van der Waals surface area contributed by atoms with E-state index in [4.69, 9.17) is 11.6 Å². The fraction of sp³-hybridized carbons (Fsp3) is 0.381. The van der Waals surface area contributed by atoms with Crippen LogP contribution in [-0.4, -0.2) is 42.5 Å². The molecule has 4 rings (SSSR count). The first-order valence-electron chi connectivity index (χ1n) is 9.33. The van der Waals surface area contributed by atoms with Crippen LogP contribution in [0.4, 0.5) is 4.39 Å². The van der Waals surface area contributed by atoms with E-state index < -0.39 is 11.4 Å². The van der Waals surface area contributed by atoms with Crippen LogP contribution in [0.3, 0.4) is 0 Å². The Morgan fingerprint density at radius 1 is 1.10 bits per heavy atom. The predicted molar refractivity (Wildman–Crippen MR) is 119 cm³/mol. The van der Waals surface area contributed by atoms with E-state index in [1.54, 1.807) is 6.07 Å². The van der Waals surface area contributed by atoms with Crippen molar-refractivity contribution in [3.8, 4) is 0 Å². The Balaban J connectivity index is 0.00000150. The quantitative estimate of drug-likeness (QED) is 0.735. The standard InChI is InChI=1S/C21H23ClFN3O.2ClH/c22-18-9-15(10-19(23)11-18)14-25-20(27)21(26-7-5-24-6-8-26)12-16-3-1-2-4-17(16)13-21;;/h1-4,9-11,24H,5-8,12-14H2,(H,25,27);2*1H. The Bertz CT molecular complexity index is 814. The van der Waals surface area contributed by atoms with E-state index in [1.807, 2.05) is 12.1 Å². The van der Waals surface area contributed by atoms with Crippen molar-refractivity contribution in [2.75, 3.05) is 26.2 Å². The smallest absolute Gasteiger partial charge is 0.241 e. The highest BCUT2D eigenvalue weighted by molar-refractivity contribution is 6.30. The Labute approximate surface area is 188 Å². The van der Waals surface area contributed by atoms with Crippen molar-refractivity contribution in [1.82, 2.24) is 15.5 Å². The largest absolute Gasteiger partial charge is 0.350 e. The normalized spacial score (nSPS) is 17.6. The van der Waals surface area contributed by atoms with E-state index in [-0.39, 0.29) is 37.3 Å². The van der Waals surface area contributed by atoms with Crippen LogP contribution in [0.15, 0.2) is 42.5 Å². The molecule has 0 aromatic heterocycles. The highest BCUT2D eigenvalue weighted by atomic mass is 35.5. The second-order valence-corrected chi connectivity index (χ2v) is 7.79. The molecule has 0 bridgehead atoms. The van der Waals surface area contributed by atoms with Gasteiger partial charge in [-0.2, -0.15) is 0 Å². The molecule has 1 amide bonds. The molecule has 1 fully saturated rings. The van der Waals surface area contributed by atoms with Gasteiger partial charge >= 0.3 is 0 Å². The summed E-state index contributed by atoms with van der Waals surface area (Å²) in [6.45, 7) is 3.71. The van der Waals surface area contributed by atoms with Crippen molar-refractivity contribution in [3.05, 3.63) is 70.0 Å². The summed E-state index contributed by atoms with van der Waals surface area (Å²) in [4.78, 5) is 15.7. The Hall–Kier alpha value is -1.37. The zero-order chi connectivity index (χ0) is 18.9. The Morgan fingerprint density at radius 2 is 1.72 bits per heavy atom. The number of rotatable bonds is 4. The number of piperazine rings is 1. The van der Waals surface area contributed by atoms with Gasteiger partial charge in [0.25, 0.3) is 0 Å². The first kappa shape index (κ1) is 23.9. The van der Waals surface area contributed by atoms with Crippen LogP contribution in [0.25, 0.3) is 0 Å². The summed E-state index contributed by atoms with van der Waals surface area (Å²) in [5.41, 5.74) is 2.56. The van der Waals surface area contributed by atoms with Crippen LogP contribution < -0.4 is 10.6 Å². The average molecular weight is 461 g/mol. The number of hydrogen-bond donors (Lipinski definition) is 2. The van der Waals surface area contributed by atoms with Gasteiger partial charge < -0.3 is 10.6 Å². The number of carbonyl (C=O) groups is 1. The number of hydrogen-bond acceptors (Lipinski definition) is 3. The first-order chi connectivity index (χ1) is 13.1. The number of nitrogens with one attached hydrogen (secondary N) is 2. The molecule has 0 unspecified atom stereocenters. The van der Waals surface area contributed by atoms with Crippen molar-refractivity contribution < 1.29 is 9.18 Å². The second kappa shape index (κ2) is 10.1. The maximum Gasteiger partial charge on any atom is 0.241 e. The third kappa shape index (κ3) is 5.04. The molecule has 1 aliphatic carbocycles. The van der Waals surface area contributed by atoms with Gasteiger partial charge in [-0.1, -0.05) is 35.9 Å². The van der Waals surface area contributed by atoms with Crippen molar-refractivity contribution in [2.24, 2.45) is 0 Å². The number of benzene rings is 2. The Morgan fingerprint density at radius 3 is 2.31 bits per heavy atom. The molecular weight excluding hydrogens is 436 g/mol. The summed E-state index contributed by atoms with van der Waals surface area (Å²) in [6, 6.07) is 12.6. The van der Waals surface area contributed by atoms with E-state index in [0.717, 1.165) is 26.2 Å². The number of nitrogens with zero attached hydrogens (tertiary/aromatic N) is 1. The van der Waals surface area contributed by atoms with E-state index in [1.165, 1.54) is 23.3 Å². The summed E-state index contributed by atoms with van der Waals surface area (Å²) < 4.78 is 13.6. The van der Waals surface area contributed by atoms with Crippen molar-refractivity contribution >= 4 is 42.3 Å². The molecule has 1 aliphatic heterocycles. The molecule has 4 nitrogen and oxygen atoms in total. The fourth-order valence-corrected chi connectivity index (χ4v) is 4.52. The summed E-state index contributed by atoms with van der Waals surface area (Å²) >= 11 is 5.93. The summed E-state index contributed by atoms with van der Waals surface area (Å²) in [7, 11) is 0. The molecule has 0 radical (unpaired) electrons. The highest BCUT2D eigenvalue weighted by Crippen LogP contribution is 2.35. The lowest BCUT2D eigenvalue weighted by molar-refractivity contribution is -0.134. The number of fused-ring (bicyclic) bond motifs is 1. The zero-order valence-corrected chi connectivity index (χ0v) is 18.3. The fourth-order valence-electron chi connectivity index (χ4n) is 4.28. The predicted octanol–water partition coefficient (Wildman–Crippen LogP) is 3.38. The number of halogens is 4. The number of amides is 1. The van der Waals surface area contributed by atoms with Gasteiger partial charge in [0.15, 0.2) is 0 Å². The van der Waals surface area contributed by atoms with Gasteiger partial charge in [-0.15, -0.1) is 24.8 Å². The molecule has 0 atom stereocenters. The molecule has 158 valence electrons. The maximum atomic E-state index is 13.6. The zero-order valence-electron chi connectivity index (χ0n) is 15.9. The minimum atomic E-state index is -0.580. The molecular formula is C21H25Cl3FN3O. The van der Waals surface area contributed by atoms with E-state index >= 15 is 0 Å². The first-order valence-corrected chi connectivity index (χ1v) is 9.70. The van der Waals surface area contributed by atoms with Gasteiger partial charge in [-0.25, -0.2) is 4.39 Å². The van der Waals surface area contributed by atoms with Gasteiger partial charge in [-0.05, 0) is 34.9 Å². The average Bonchev–Trinajstić information content (AvgIpc) is 3.07. The third-order valence-electron chi connectivity index (χ3n) is 5.60. The summed E-state index contributed by atoms with van der Waals surface area (Å²) in [5.74, 6) is -0.391. The molecule has 8 heteroatoms. The van der Waals surface area contributed by atoms with Gasteiger partial charge in [0, 0.05) is 50.6 Å². The van der Waals surface area contributed by atoms with Crippen molar-refractivity contribution in [3.63, 3.8) is 0 Å². The third-order valence-corrected chi connectivity index (χ3v) is 5.82. The summed E-state index contributed by atoms with van der Waals surface area (Å²) in [6.07, 6.45) is 1.41. The van der Waals surface area contributed by atoms with Crippen LogP contribution in [-0.2, 0) is 24.2 Å². The minimum absolute atomic E-state index is 0. The van der Waals surface area contributed by atoms with Crippen LogP contribution in [0.2, 0.25) is 5.02 Å². The molecule has 2 aromatic rings. The van der Waals surface area contributed by atoms with E-state index in [0.29, 0.717) is 23.4 Å². The summed E-state index contributed by atoms with van der Waals surface area (Å²) in [5, 5.41) is 6.74. The lowest BCUT2D eigenvalue weighted by atomic mass is 9.91. The van der Waals surface area contributed by atoms with Gasteiger partial charge in [-0.3, -0.25) is 9.69 Å². The van der Waals surface area contributed by atoms with Crippen LogP contribution in [0, 0.1) is 5.82 Å². The molecule has 1 heterocycles. The lowest BCUT2D eigenvalue weighted by Crippen LogP contribution is -2.63. The van der Waals surface area contributed by atoms with Crippen molar-refractivity contribution in [1.29, 1.82) is 0 Å². The topological polar surface area (TPSA) is 44.4 Å². The maximum absolute atomic E-state index is 13.6. The van der Waals surface area contributed by atoms with Gasteiger partial charge in [0.2, 0.25) is 5.91 Å². The molecule has 2 aliphatic rings. The highest BCUT2D eigenvalue weighted by Gasteiger charge is 2.48. The van der Waals surface area contributed by atoms with Crippen LogP contribution in [0.5, 0.6) is 0 Å². The van der Waals surface area contributed by atoms with E-state index in [2.05, 4.69) is 27.7 Å². The molecule has 0 saturated carbocycles. The van der Waals surface area contributed by atoms with Crippen LogP contribution >= 0.6 is 36.4 Å². The van der Waals surface area contributed by atoms with Crippen molar-refractivity contribution in [2.45, 2.75) is 24.9 Å². The molecule has 2 aromatic carbocycles. The second-order valence-electron chi connectivity index (χ2n) is 7.35. The van der Waals surface area contributed by atoms with Crippen LogP contribution in [0.1, 0.15) is 16.7 Å². The molecule has 2 N–H and O–H groups in total. The monoisotopic (exact) mass is 459 g/mol. The van der Waals surface area contributed by atoms with Gasteiger partial charge in [0.05, 0.1) is 0 Å². The Kier molecular flexibility index (Phi) is 8.32. The molecule has 1 saturated heterocycles. The molecule has 0 spiro atoms. The molecule has 29 heavy (non-hydrogen) atoms.